The van der Waals surface area contributed by atoms with Gasteiger partial charge in [-0.3, -0.25) is 14.7 Å². The first kappa shape index (κ1) is 17.6. The molecule has 0 spiro atoms. The highest BCUT2D eigenvalue weighted by atomic mass is 35.5. The standard InChI is InChI=1S/C16H26ClN3O2S/c17-16-2-1-15(23-16)13-19-5-3-18(4-6-19)11-14(21)12-20-7-9-22-10-8-20/h1-2,14,21H,3-13H2. The van der Waals surface area contributed by atoms with Crippen LogP contribution in [0.3, 0.4) is 0 Å². The second-order valence-corrected chi connectivity index (χ2v) is 8.15. The van der Waals surface area contributed by atoms with Gasteiger partial charge < -0.3 is 9.84 Å². The summed E-state index contributed by atoms with van der Waals surface area (Å²) in [5.41, 5.74) is 0. The largest absolute Gasteiger partial charge is 0.390 e. The lowest BCUT2D eigenvalue weighted by atomic mass is 10.2. The zero-order chi connectivity index (χ0) is 16.1. The zero-order valence-electron chi connectivity index (χ0n) is 13.5. The van der Waals surface area contributed by atoms with E-state index in [0.717, 1.165) is 76.5 Å². The number of hydrogen-bond acceptors (Lipinski definition) is 6. The van der Waals surface area contributed by atoms with E-state index < -0.39 is 0 Å². The molecule has 0 aliphatic carbocycles. The van der Waals surface area contributed by atoms with E-state index in [4.69, 9.17) is 16.3 Å². The highest BCUT2D eigenvalue weighted by molar-refractivity contribution is 7.16. The number of halogens is 1. The quantitative estimate of drug-likeness (QED) is 0.826. The van der Waals surface area contributed by atoms with Crippen LogP contribution in [0.4, 0.5) is 0 Å². The molecule has 0 radical (unpaired) electrons. The molecule has 0 bridgehead atoms. The summed E-state index contributed by atoms with van der Waals surface area (Å²) in [6, 6.07) is 4.09. The van der Waals surface area contributed by atoms with Gasteiger partial charge in [0.25, 0.3) is 0 Å². The second-order valence-electron chi connectivity index (χ2n) is 6.35. The van der Waals surface area contributed by atoms with Crippen LogP contribution in [0.2, 0.25) is 4.34 Å². The van der Waals surface area contributed by atoms with Crippen molar-refractivity contribution < 1.29 is 9.84 Å². The van der Waals surface area contributed by atoms with Crippen LogP contribution in [0.1, 0.15) is 4.88 Å². The molecule has 5 nitrogen and oxygen atoms in total. The van der Waals surface area contributed by atoms with Crippen LogP contribution in [-0.2, 0) is 11.3 Å². The molecular formula is C16H26ClN3O2S. The zero-order valence-corrected chi connectivity index (χ0v) is 15.1. The maximum Gasteiger partial charge on any atom is 0.0931 e. The maximum absolute atomic E-state index is 10.3. The van der Waals surface area contributed by atoms with Crippen molar-refractivity contribution in [2.75, 3.05) is 65.6 Å². The highest BCUT2D eigenvalue weighted by Crippen LogP contribution is 2.23. The minimum Gasteiger partial charge on any atom is -0.390 e. The van der Waals surface area contributed by atoms with Gasteiger partial charge in [-0.2, -0.15) is 0 Å². The molecule has 23 heavy (non-hydrogen) atoms. The van der Waals surface area contributed by atoms with E-state index >= 15 is 0 Å². The Kier molecular flexibility index (Phi) is 6.71. The van der Waals surface area contributed by atoms with E-state index in [-0.39, 0.29) is 6.10 Å². The molecule has 2 aliphatic heterocycles. The normalized spacial score (nSPS) is 23.2. The first-order valence-corrected chi connectivity index (χ1v) is 9.55. The summed E-state index contributed by atoms with van der Waals surface area (Å²) in [5.74, 6) is 0. The van der Waals surface area contributed by atoms with Crippen LogP contribution in [0.15, 0.2) is 12.1 Å². The van der Waals surface area contributed by atoms with E-state index in [1.807, 2.05) is 6.07 Å². The van der Waals surface area contributed by atoms with Gasteiger partial charge in [0, 0.05) is 63.8 Å². The molecule has 0 saturated carbocycles. The van der Waals surface area contributed by atoms with Gasteiger partial charge >= 0.3 is 0 Å². The van der Waals surface area contributed by atoms with Gasteiger partial charge in [-0.1, -0.05) is 11.6 Å². The van der Waals surface area contributed by atoms with Gasteiger partial charge in [-0.05, 0) is 12.1 Å². The third kappa shape index (κ3) is 5.67. The van der Waals surface area contributed by atoms with Gasteiger partial charge in [0.2, 0.25) is 0 Å². The summed E-state index contributed by atoms with van der Waals surface area (Å²) in [6.45, 7) is 10.1. The molecule has 7 heteroatoms. The molecule has 1 aromatic rings. The fourth-order valence-electron chi connectivity index (χ4n) is 3.22. The van der Waals surface area contributed by atoms with Crippen molar-refractivity contribution >= 4 is 22.9 Å². The predicted octanol–water partition coefficient (Wildman–Crippen LogP) is 1.21. The highest BCUT2D eigenvalue weighted by Gasteiger charge is 2.21. The molecule has 2 fully saturated rings. The summed E-state index contributed by atoms with van der Waals surface area (Å²) in [7, 11) is 0. The number of aliphatic hydroxyl groups excluding tert-OH is 1. The molecule has 1 N–H and O–H groups in total. The Bertz CT molecular complexity index is 474. The van der Waals surface area contributed by atoms with Crippen molar-refractivity contribution in [1.82, 2.24) is 14.7 Å². The fourth-order valence-corrected chi connectivity index (χ4v) is 4.35. The second kappa shape index (κ2) is 8.76. The first-order valence-electron chi connectivity index (χ1n) is 8.36. The molecule has 2 saturated heterocycles. The van der Waals surface area contributed by atoms with Crippen LogP contribution >= 0.6 is 22.9 Å². The monoisotopic (exact) mass is 359 g/mol. The summed E-state index contributed by atoms with van der Waals surface area (Å²) >= 11 is 7.66. The molecular weight excluding hydrogens is 334 g/mol. The molecule has 3 heterocycles. The van der Waals surface area contributed by atoms with Gasteiger partial charge in [0.05, 0.1) is 23.7 Å². The lowest BCUT2D eigenvalue weighted by molar-refractivity contribution is 0.00221. The first-order chi connectivity index (χ1) is 11.2. The number of morpholine rings is 1. The molecule has 0 amide bonds. The number of nitrogens with zero attached hydrogens (tertiary/aromatic N) is 3. The molecule has 1 aromatic heterocycles. The van der Waals surface area contributed by atoms with Crippen molar-refractivity contribution in [3.63, 3.8) is 0 Å². The molecule has 1 atom stereocenters. The fraction of sp³-hybridized carbons (Fsp3) is 0.750. The topological polar surface area (TPSA) is 39.2 Å². The summed E-state index contributed by atoms with van der Waals surface area (Å²) < 4.78 is 6.21. The summed E-state index contributed by atoms with van der Waals surface area (Å²) in [4.78, 5) is 8.47. The number of β-amino-alcohol motifs (C(OH)–C–C–N with tert-alkyl or cyclic N) is 1. The number of hydrogen-bond donors (Lipinski definition) is 1. The molecule has 3 rings (SSSR count). The van der Waals surface area contributed by atoms with Gasteiger partial charge in [-0.25, -0.2) is 0 Å². The van der Waals surface area contributed by atoms with Crippen LogP contribution in [0.5, 0.6) is 0 Å². The third-order valence-electron chi connectivity index (χ3n) is 4.51. The van der Waals surface area contributed by atoms with Crippen LogP contribution in [0.25, 0.3) is 0 Å². The number of ether oxygens (including phenoxy) is 1. The number of thiophene rings is 1. The Morgan fingerprint density at radius 3 is 2.22 bits per heavy atom. The van der Waals surface area contributed by atoms with E-state index in [0.29, 0.717) is 0 Å². The molecule has 2 aliphatic rings. The Morgan fingerprint density at radius 1 is 1.00 bits per heavy atom. The Hall–Kier alpha value is -0.210. The van der Waals surface area contributed by atoms with E-state index in [1.165, 1.54) is 4.88 Å². The lowest BCUT2D eigenvalue weighted by Gasteiger charge is -2.36. The van der Waals surface area contributed by atoms with Gasteiger partial charge in [0.1, 0.15) is 0 Å². The average molecular weight is 360 g/mol. The van der Waals surface area contributed by atoms with Crippen molar-refractivity contribution in [2.24, 2.45) is 0 Å². The van der Waals surface area contributed by atoms with Crippen molar-refractivity contribution in [1.29, 1.82) is 0 Å². The minimum atomic E-state index is -0.268. The van der Waals surface area contributed by atoms with Crippen LogP contribution < -0.4 is 0 Å². The number of piperazine rings is 1. The van der Waals surface area contributed by atoms with Crippen molar-refractivity contribution in [3.05, 3.63) is 21.3 Å². The van der Waals surface area contributed by atoms with Gasteiger partial charge in [0.15, 0.2) is 0 Å². The molecule has 0 aromatic carbocycles. The van der Waals surface area contributed by atoms with E-state index in [1.54, 1.807) is 11.3 Å². The Labute approximate surface area is 147 Å². The summed E-state index contributed by atoms with van der Waals surface area (Å²) in [5, 5.41) is 10.3. The van der Waals surface area contributed by atoms with E-state index in [2.05, 4.69) is 20.8 Å². The van der Waals surface area contributed by atoms with Crippen molar-refractivity contribution in [3.8, 4) is 0 Å². The number of rotatable bonds is 6. The van der Waals surface area contributed by atoms with Crippen LogP contribution in [-0.4, -0.2) is 91.5 Å². The van der Waals surface area contributed by atoms with Crippen LogP contribution in [0, 0.1) is 0 Å². The maximum atomic E-state index is 10.3. The predicted molar refractivity (Wildman–Crippen MR) is 94.3 cm³/mol. The Morgan fingerprint density at radius 2 is 1.61 bits per heavy atom. The number of aliphatic hydroxyl groups is 1. The molecule has 130 valence electrons. The minimum absolute atomic E-state index is 0.268. The van der Waals surface area contributed by atoms with Crippen molar-refractivity contribution in [2.45, 2.75) is 12.6 Å². The van der Waals surface area contributed by atoms with E-state index in [9.17, 15) is 5.11 Å². The Balaban J connectivity index is 1.35. The molecule has 1 unspecified atom stereocenters. The lowest BCUT2D eigenvalue weighted by Crippen LogP contribution is -2.50. The average Bonchev–Trinajstić information content (AvgIpc) is 2.95. The third-order valence-corrected chi connectivity index (χ3v) is 5.73. The van der Waals surface area contributed by atoms with Gasteiger partial charge in [-0.15, -0.1) is 11.3 Å². The SMILES string of the molecule is OC(CN1CCOCC1)CN1CCN(Cc2ccc(Cl)s2)CC1. The summed E-state index contributed by atoms with van der Waals surface area (Å²) in [6.07, 6.45) is -0.268. The smallest absolute Gasteiger partial charge is 0.0931 e.